The third kappa shape index (κ3) is 5.60. The fraction of sp³-hybridized carbons (Fsp3) is 0.625. The summed E-state index contributed by atoms with van der Waals surface area (Å²) in [6, 6.07) is 4.86. The number of rotatable bonds is 8. The molecule has 0 aliphatic rings. The quantitative estimate of drug-likeness (QED) is 0.757. The van der Waals surface area contributed by atoms with Crippen LogP contribution in [0.15, 0.2) is 18.2 Å². The van der Waals surface area contributed by atoms with Crippen molar-refractivity contribution in [1.82, 2.24) is 5.32 Å². The topological polar surface area (TPSA) is 21.3 Å². The number of nitrogens with one attached hydrogen (secondary N) is 1. The van der Waals surface area contributed by atoms with Gasteiger partial charge in [0.1, 0.15) is 11.6 Å². The first-order chi connectivity index (χ1) is 9.04. The molecule has 19 heavy (non-hydrogen) atoms. The zero-order valence-corrected chi connectivity index (χ0v) is 12.5. The van der Waals surface area contributed by atoms with E-state index in [0.717, 1.165) is 30.7 Å². The first-order valence-corrected chi connectivity index (χ1v) is 7.20. The molecule has 0 bridgehead atoms. The maximum atomic E-state index is 13.4. The van der Waals surface area contributed by atoms with E-state index in [2.05, 4.69) is 26.1 Å². The highest BCUT2D eigenvalue weighted by atomic mass is 19.1. The first-order valence-electron chi connectivity index (χ1n) is 7.20. The fourth-order valence-electron chi connectivity index (χ4n) is 1.86. The van der Waals surface area contributed by atoms with Crippen LogP contribution in [0.3, 0.4) is 0 Å². The molecule has 3 heteroatoms. The lowest BCUT2D eigenvalue weighted by Crippen LogP contribution is -2.20. The third-order valence-electron chi connectivity index (χ3n) is 3.09. The molecule has 2 nitrogen and oxygen atoms in total. The van der Waals surface area contributed by atoms with Crippen LogP contribution in [0.1, 0.15) is 52.1 Å². The summed E-state index contributed by atoms with van der Waals surface area (Å²) in [5, 5.41) is 3.37. The van der Waals surface area contributed by atoms with Crippen molar-refractivity contribution >= 4 is 0 Å². The van der Waals surface area contributed by atoms with E-state index in [1.165, 1.54) is 6.07 Å². The molecule has 1 atom stereocenters. The molecule has 1 aromatic rings. The lowest BCUT2D eigenvalue weighted by molar-refractivity contribution is 0.284. The monoisotopic (exact) mass is 267 g/mol. The minimum Gasteiger partial charge on any atom is -0.493 e. The summed E-state index contributed by atoms with van der Waals surface area (Å²) in [4.78, 5) is 0. The second-order valence-electron chi connectivity index (χ2n) is 5.39. The Kier molecular flexibility index (Phi) is 6.85. The molecule has 0 spiro atoms. The predicted octanol–water partition coefficient (Wildman–Crippen LogP) is 4.31. The molecule has 0 aromatic heterocycles. The summed E-state index contributed by atoms with van der Waals surface area (Å²) in [7, 11) is 0. The van der Waals surface area contributed by atoms with Crippen molar-refractivity contribution in [2.75, 3.05) is 13.2 Å². The molecular formula is C16H26FNO. The van der Waals surface area contributed by atoms with Gasteiger partial charge >= 0.3 is 0 Å². The van der Waals surface area contributed by atoms with Crippen molar-refractivity contribution in [1.29, 1.82) is 0 Å². The molecule has 0 radical (unpaired) electrons. The average Bonchev–Trinajstić information content (AvgIpc) is 2.37. The van der Waals surface area contributed by atoms with Gasteiger partial charge in [0.2, 0.25) is 0 Å². The van der Waals surface area contributed by atoms with Gasteiger partial charge in [0.15, 0.2) is 0 Å². The Balaban J connectivity index is 2.73. The summed E-state index contributed by atoms with van der Waals surface area (Å²) in [5.74, 6) is 1.19. The molecule has 0 amide bonds. The van der Waals surface area contributed by atoms with E-state index in [9.17, 15) is 4.39 Å². The Bertz CT molecular complexity index is 379. The molecule has 0 fully saturated rings. The van der Waals surface area contributed by atoms with Crippen molar-refractivity contribution < 1.29 is 9.13 Å². The van der Waals surface area contributed by atoms with Crippen LogP contribution in [0.25, 0.3) is 0 Å². The average molecular weight is 267 g/mol. The summed E-state index contributed by atoms with van der Waals surface area (Å²) in [6.07, 6.45) is 2.07. The zero-order valence-electron chi connectivity index (χ0n) is 12.5. The highest BCUT2D eigenvalue weighted by Gasteiger charge is 2.12. The van der Waals surface area contributed by atoms with Gasteiger partial charge in [-0.1, -0.05) is 20.8 Å². The van der Waals surface area contributed by atoms with E-state index < -0.39 is 0 Å². The normalized spacial score (nSPS) is 12.7. The highest BCUT2D eigenvalue weighted by molar-refractivity contribution is 5.36. The largest absolute Gasteiger partial charge is 0.493 e. The highest BCUT2D eigenvalue weighted by Crippen LogP contribution is 2.26. The smallest absolute Gasteiger partial charge is 0.124 e. The predicted molar refractivity (Wildman–Crippen MR) is 78.1 cm³/mol. The molecule has 0 aliphatic carbocycles. The van der Waals surface area contributed by atoms with Crippen LogP contribution in [0, 0.1) is 11.7 Å². The number of benzene rings is 1. The Morgan fingerprint density at radius 2 is 2.00 bits per heavy atom. The summed E-state index contributed by atoms with van der Waals surface area (Å²) in [5.41, 5.74) is 0.900. The van der Waals surface area contributed by atoms with Gasteiger partial charge < -0.3 is 10.1 Å². The second-order valence-corrected chi connectivity index (χ2v) is 5.39. The molecule has 0 heterocycles. The van der Waals surface area contributed by atoms with E-state index in [0.29, 0.717) is 12.5 Å². The van der Waals surface area contributed by atoms with Crippen LogP contribution in [0.4, 0.5) is 4.39 Å². The Labute approximate surface area is 116 Å². The number of hydrogen-bond donors (Lipinski definition) is 1. The van der Waals surface area contributed by atoms with Gasteiger partial charge in [-0.25, -0.2) is 4.39 Å². The lowest BCUT2D eigenvalue weighted by atomic mass is 10.1. The van der Waals surface area contributed by atoms with Crippen LogP contribution in [-0.2, 0) is 0 Å². The minimum atomic E-state index is -0.212. The van der Waals surface area contributed by atoms with Crippen LogP contribution < -0.4 is 10.1 Å². The molecule has 1 aromatic carbocycles. The maximum absolute atomic E-state index is 13.4. The SMILES string of the molecule is CCCNC(C)c1cc(F)ccc1OCCC(C)C. The maximum Gasteiger partial charge on any atom is 0.124 e. The van der Waals surface area contributed by atoms with Gasteiger partial charge in [0.05, 0.1) is 6.61 Å². The van der Waals surface area contributed by atoms with Crippen LogP contribution >= 0.6 is 0 Å². The van der Waals surface area contributed by atoms with Gasteiger partial charge in [-0.2, -0.15) is 0 Å². The lowest BCUT2D eigenvalue weighted by Gasteiger charge is -2.18. The van der Waals surface area contributed by atoms with E-state index in [4.69, 9.17) is 4.74 Å². The van der Waals surface area contributed by atoms with Crippen molar-refractivity contribution in [2.45, 2.75) is 46.6 Å². The van der Waals surface area contributed by atoms with Crippen molar-refractivity contribution in [3.63, 3.8) is 0 Å². The molecular weight excluding hydrogens is 241 g/mol. The van der Waals surface area contributed by atoms with Crippen LogP contribution in [-0.4, -0.2) is 13.2 Å². The van der Waals surface area contributed by atoms with Gasteiger partial charge in [-0.15, -0.1) is 0 Å². The standard InChI is InChI=1S/C16H26FNO/c1-5-9-18-13(4)15-11-14(17)6-7-16(15)19-10-8-12(2)3/h6-7,11-13,18H,5,8-10H2,1-4H3. The fourth-order valence-corrected chi connectivity index (χ4v) is 1.86. The van der Waals surface area contributed by atoms with Crippen LogP contribution in [0.2, 0.25) is 0 Å². The van der Waals surface area contributed by atoms with Gasteiger partial charge in [-0.05, 0) is 50.4 Å². The number of halogens is 1. The third-order valence-corrected chi connectivity index (χ3v) is 3.09. The van der Waals surface area contributed by atoms with Crippen molar-refractivity contribution in [2.24, 2.45) is 5.92 Å². The van der Waals surface area contributed by atoms with Crippen molar-refractivity contribution in [3.05, 3.63) is 29.6 Å². The molecule has 0 aliphatic heterocycles. The second kappa shape index (κ2) is 8.16. The molecule has 1 unspecified atom stereocenters. The Hall–Kier alpha value is -1.09. The van der Waals surface area contributed by atoms with E-state index in [1.54, 1.807) is 12.1 Å². The van der Waals surface area contributed by atoms with E-state index in [-0.39, 0.29) is 11.9 Å². The van der Waals surface area contributed by atoms with Crippen molar-refractivity contribution in [3.8, 4) is 5.75 Å². The minimum absolute atomic E-state index is 0.102. The zero-order chi connectivity index (χ0) is 14.3. The van der Waals surface area contributed by atoms with Gasteiger partial charge in [0.25, 0.3) is 0 Å². The Morgan fingerprint density at radius 1 is 1.26 bits per heavy atom. The summed E-state index contributed by atoms with van der Waals surface area (Å²) in [6.45, 7) is 10.1. The number of ether oxygens (including phenoxy) is 1. The molecule has 1 rings (SSSR count). The van der Waals surface area contributed by atoms with Crippen LogP contribution in [0.5, 0.6) is 5.75 Å². The molecule has 0 saturated heterocycles. The van der Waals surface area contributed by atoms with Gasteiger partial charge in [-0.3, -0.25) is 0 Å². The molecule has 0 saturated carbocycles. The summed E-state index contributed by atoms with van der Waals surface area (Å²) >= 11 is 0. The Morgan fingerprint density at radius 3 is 2.63 bits per heavy atom. The molecule has 108 valence electrons. The van der Waals surface area contributed by atoms with Gasteiger partial charge in [0, 0.05) is 11.6 Å². The first kappa shape index (κ1) is 16.0. The molecule has 1 N–H and O–H groups in total. The van der Waals surface area contributed by atoms with E-state index in [1.807, 2.05) is 6.92 Å². The number of hydrogen-bond acceptors (Lipinski definition) is 2. The van der Waals surface area contributed by atoms with E-state index >= 15 is 0 Å². The summed E-state index contributed by atoms with van der Waals surface area (Å²) < 4.78 is 19.2.